The quantitative estimate of drug-likeness (QED) is 0.432. The molecule has 1 aromatic carbocycles. The summed E-state index contributed by atoms with van der Waals surface area (Å²) in [4.78, 5) is 23.9. The molecule has 0 saturated carbocycles. The van der Waals surface area contributed by atoms with Crippen molar-refractivity contribution in [1.82, 2.24) is 25.1 Å². The van der Waals surface area contributed by atoms with Gasteiger partial charge in [-0.2, -0.15) is 5.10 Å². The molecule has 10 heteroatoms. The Hall–Kier alpha value is -2.17. The Morgan fingerprint density at radius 2 is 2.00 bits per heavy atom. The number of fused-ring (bicyclic) bond motifs is 1. The molecule has 1 amide bonds. The van der Waals surface area contributed by atoms with Crippen LogP contribution >= 0.6 is 27.7 Å². The van der Waals surface area contributed by atoms with Crippen molar-refractivity contribution in [3.63, 3.8) is 0 Å². The Bertz CT molecular complexity index is 1000. The molecule has 4 rings (SSSR count). The van der Waals surface area contributed by atoms with Crippen molar-refractivity contribution in [3.8, 4) is 0 Å². The molecule has 1 aliphatic rings. The van der Waals surface area contributed by atoms with Crippen LogP contribution in [0.4, 0.5) is 5.82 Å². The fraction of sp³-hybridized carbons (Fsp3) is 0.368. The van der Waals surface area contributed by atoms with E-state index in [0.29, 0.717) is 37.0 Å². The lowest BCUT2D eigenvalue weighted by atomic mass is 10.2. The summed E-state index contributed by atoms with van der Waals surface area (Å²) in [5.74, 6) is 0.787. The van der Waals surface area contributed by atoms with E-state index in [1.807, 2.05) is 23.1 Å². The number of nitrogens with one attached hydrogen (secondary N) is 1. The van der Waals surface area contributed by atoms with Gasteiger partial charge in [0.15, 0.2) is 10.8 Å². The topological polar surface area (TPSA) is 85.2 Å². The summed E-state index contributed by atoms with van der Waals surface area (Å²) in [6, 6.07) is 7.28. The highest BCUT2D eigenvalue weighted by atomic mass is 79.9. The summed E-state index contributed by atoms with van der Waals surface area (Å²) in [5, 5.41) is 9.06. The normalized spacial score (nSPS) is 14.3. The van der Waals surface area contributed by atoms with Crippen LogP contribution in [0, 0.1) is 0 Å². The molecule has 29 heavy (non-hydrogen) atoms. The van der Waals surface area contributed by atoms with Crippen molar-refractivity contribution < 1.29 is 9.53 Å². The van der Waals surface area contributed by atoms with Gasteiger partial charge in [0, 0.05) is 29.7 Å². The fourth-order valence-corrected chi connectivity index (χ4v) is 3.79. The van der Waals surface area contributed by atoms with Gasteiger partial charge in [0.25, 0.3) is 5.91 Å². The zero-order valence-electron chi connectivity index (χ0n) is 16.0. The summed E-state index contributed by atoms with van der Waals surface area (Å²) < 4.78 is 8.22. The molecule has 2 aromatic heterocycles. The number of hydrogen-bond donors (Lipinski definition) is 1. The maximum absolute atomic E-state index is 12.3. The molecule has 1 N–H and O–H groups in total. The molecule has 1 saturated heterocycles. The third-order valence-electron chi connectivity index (χ3n) is 4.66. The number of amides is 1. The minimum atomic E-state index is -0.109. The van der Waals surface area contributed by atoms with Crippen LogP contribution in [0.25, 0.3) is 11.0 Å². The molecule has 0 atom stereocenters. The first-order chi connectivity index (χ1) is 14.2. The van der Waals surface area contributed by atoms with Gasteiger partial charge >= 0.3 is 0 Å². The Balaban J connectivity index is 1.50. The first-order valence-corrected chi connectivity index (χ1v) is 11.3. The smallest absolute Gasteiger partial charge is 0.251 e. The van der Waals surface area contributed by atoms with E-state index in [1.54, 1.807) is 18.3 Å². The van der Waals surface area contributed by atoms with Gasteiger partial charge in [0.2, 0.25) is 0 Å². The van der Waals surface area contributed by atoms with E-state index in [-0.39, 0.29) is 5.91 Å². The molecule has 0 spiro atoms. The number of ether oxygens (including phenoxy) is 1. The van der Waals surface area contributed by atoms with Gasteiger partial charge in [0.05, 0.1) is 31.3 Å². The van der Waals surface area contributed by atoms with E-state index in [2.05, 4.69) is 36.2 Å². The van der Waals surface area contributed by atoms with E-state index in [0.717, 1.165) is 34.4 Å². The SMILES string of the molecule is CSc1nc(N2CCOCC2)c2cnn(CCNC(=O)c3ccc(Br)cc3)c2n1. The van der Waals surface area contributed by atoms with Crippen LogP contribution in [-0.4, -0.2) is 64.8 Å². The molecule has 3 heterocycles. The fourth-order valence-electron chi connectivity index (χ4n) is 3.17. The predicted molar refractivity (Wildman–Crippen MR) is 117 cm³/mol. The summed E-state index contributed by atoms with van der Waals surface area (Å²) in [5.41, 5.74) is 1.41. The van der Waals surface area contributed by atoms with E-state index in [4.69, 9.17) is 9.72 Å². The highest BCUT2D eigenvalue weighted by molar-refractivity contribution is 9.10. The molecular formula is C19H21BrN6O2S. The molecule has 8 nitrogen and oxygen atoms in total. The number of halogens is 1. The van der Waals surface area contributed by atoms with Crippen LogP contribution in [0.2, 0.25) is 0 Å². The zero-order valence-corrected chi connectivity index (χ0v) is 18.4. The number of anilines is 1. The van der Waals surface area contributed by atoms with E-state index >= 15 is 0 Å². The minimum Gasteiger partial charge on any atom is -0.378 e. The standard InChI is InChI=1S/C19H21BrN6O2S/c1-29-19-23-16(25-8-10-28-11-9-25)15-12-22-26(17(15)24-19)7-6-21-18(27)13-2-4-14(20)5-3-13/h2-5,12H,6-11H2,1H3,(H,21,27). The van der Waals surface area contributed by atoms with Crippen LogP contribution in [0.3, 0.4) is 0 Å². The number of aromatic nitrogens is 4. The van der Waals surface area contributed by atoms with Crippen molar-refractivity contribution >= 4 is 50.5 Å². The van der Waals surface area contributed by atoms with Gasteiger partial charge in [-0.15, -0.1) is 0 Å². The Morgan fingerprint density at radius 1 is 1.24 bits per heavy atom. The minimum absolute atomic E-state index is 0.109. The first kappa shape index (κ1) is 20.1. The molecule has 1 aliphatic heterocycles. The van der Waals surface area contributed by atoms with Crippen LogP contribution < -0.4 is 10.2 Å². The van der Waals surface area contributed by atoms with Crippen LogP contribution in [0.1, 0.15) is 10.4 Å². The molecule has 1 fully saturated rings. The molecule has 3 aromatic rings. The number of benzene rings is 1. The van der Waals surface area contributed by atoms with Gasteiger partial charge in [-0.05, 0) is 30.5 Å². The van der Waals surface area contributed by atoms with Gasteiger partial charge < -0.3 is 15.0 Å². The number of thioether (sulfide) groups is 1. The molecule has 152 valence electrons. The third kappa shape index (κ3) is 4.54. The lowest BCUT2D eigenvalue weighted by Crippen LogP contribution is -2.37. The zero-order chi connectivity index (χ0) is 20.2. The second-order valence-electron chi connectivity index (χ2n) is 6.50. The average molecular weight is 477 g/mol. The number of rotatable bonds is 6. The predicted octanol–water partition coefficient (Wildman–Crippen LogP) is 2.58. The molecule has 0 bridgehead atoms. The van der Waals surface area contributed by atoms with E-state index in [9.17, 15) is 4.79 Å². The molecular weight excluding hydrogens is 456 g/mol. The van der Waals surface area contributed by atoms with Crippen LogP contribution in [-0.2, 0) is 11.3 Å². The average Bonchev–Trinajstić information content (AvgIpc) is 3.17. The summed E-state index contributed by atoms with van der Waals surface area (Å²) in [7, 11) is 0. The Kier molecular flexibility index (Phi) is 6.31. The van der Waals surface area contributed by atoms with Crippen molar-refractivity contribution in [2.24, 2.45) is 0 Å². The van der Waals surface area contributed by atoms with Crippen LogP contribution in [0.5, 0.6) is 0 Å². The van der Waals surface area contributed by atoms with Gasteiger partial charge in [0.1, 0.15) is 5.82 Å². The largest absolute Gasteiger partial charge is 0.378 e. The van der Waals surface area contributed by atoms with E-state index in [1.165, 1.54) is 11.8 Å². The van der Waals surface area contributed by atoms with Gasteiger partial charge in [-0.25, -0.2) is 14.6 Å². The monoisotopic (exact) mass is 476 g/mol. The van der Waals surface area contributed by atoms with E-state index < -0.39 is 0 Å². The number of nitrogens with zero attached hydrogens (tertiary/aromatic N) is 5. The molecule has 0 aliphatic carbocycles. The van der Waals surface area contributed by atoms with Crippen molar-refractivity contribution in [2.75, 3.05) is 44.0 Å². The van der Waals surface area contributed by atoms with Crippen molar-refractivity contribution in [3.05, 3.63) is 40.5 Å². The number of morpholine rings is 1. The second-order valence-corrected chi connectivity index (χ2v) is 8.19. The number of carbonyl (C=O) groups excluding carboxylic acids is 1. The summed E-state index contributed by atoms with van der Waals surface area (Å²) in [6.45, 7) is 3.96. The lowest BCUT2D eigenvalue weighted by molar-refractivity contribution is 0.0952. The highest BCUT2D eigenvalue weighted by Gasteiger charge is 2.20. The molecule has 0 radical (unpaired) electrons. The third-order valence-corrected chi connectivity index (χ3v) is 5.74. The number of carbonyl (C=O) groups is 1. The first-order valence-electron chi connectivity index (χ1n) is 9.29. The number of hydrogen-bond acceptors (Lipinski definition) is 7. The maximum atomic E-state index is 12.3. The maximum Gasteiger partial charge on any atom is 0.251 e. The van der Waals surface area contributed by atoms with Crippen molar-refractivity contribution in [1.29, 1.82) is 0 Å². The van der Waals surface area contributed by atoms with Gasteiger partial charge in [-0.3, -0.25) is 4.79 Å². The van der Waals surface area contributed by atoms with Crippen LogP contribution in [0.15, 0.2) is 40.1 Å². The summed E-state index contributed by atoms with van der Waals surface area (Å²) >= 11 is 4.88. The van der Waals surface area contributed by atoms with Gasteiger partial charge in [-0.1, -0.05) is 27.7 Å². The lowest BCUT2D eigenvalue weighted by Gasteiger charge is -2.28. The second kappa shape index (κ2) is 9.10. The Morgan fingerprint density at radius 3 is 2.72 bits per heavy atom. The highest BCUT2D eigenvalue weighted by Crippen LogP contribution is 2.27. The summed E-state index contributed by atoms with van der Waals surface area (Å²) in [6.07, 6.45) is 3.77. The Labute approximate surface area is 181 Å². The molecule has 0 unspecified atom stereocenters. The van der Waals surface area contributed by atoms with Crippen molar-refractivity contribution in [2.45, 2.75) is 11.7 Å².